The summed E-state index contributed by atoms with van der Waals surface area (Å²) in [4.78, 5) is 61.0. The average molecular weight is 434 g/mol. The summed E-state index contributed by atoms with van der Waals surface area (Å²) in [6.45, 7) is 1.27. The van der Waals surface area contributed by atoms with Crippen molar-refractivity contribution in [2.24, 2.45) is 22.3 Å². The summed E-state index contributed by atoms with van der Waals surface area (Å²) in [5.41, 5.74) is 3.81. The quantitative estimate of drug-likeness (QED) is 0.179. The Bertz CT molecular complexity index is 647. The highest BCUT2D eigenvalue weighted by Gasteiger charge is 2.48. The number of carboxylic acids is 2. The number of carboxylic acid groups (broad SMARTS) is 2. The third-order valence-electron chi connectivity index (χ3n) is 4.77. The van der Waals surface area contributed by atoms with Crippen LogP contribution in [-0.2, 0) is 18.7 Å². The summed E-state index contributed by atoms with van der Waals surface area (Å²) in [5, 5.41) is 18.8. The molecular weight excluding hydrogens is 406 g/mol. The lowest BCUT2D eigenvalue weighted by atomic mass is 9.76. The molecule has 160 valence electrons. The number of hydrogen-bond acceptors (Lipinski definition) is 6. The smallest absolute Gasteiger partial charge is 0.329 e. The molecule has 0 aromatic heterocycles. The molecule has 0 fully saturated rings. The molecule has 0 bridgehead atoms. The maximum absolute atomic E-state index is 11.9. The molecule has 12 nitrogen and oxygen atoms in total. The Labute approximate surface area is 156 Å². The van der Waals surface area contributed by atoms with Crippen LogP contribution in [0.1, 0.15) is 33.1 Å². The molecule has 0 aliphatic heterocycles. The molecule has 0 spiro atoms. The van der Waals surface area contributed by atoms with E-state index in [1.54, 1.807) is 0 Å². The zero-order valence-electron chi connectivity index (χ0n) is 15.1. The maximum Gasteiger partial charge on any atom is 0.329 e. The van der Waals surface area contributed by atoms with Crippen LogP contribution in [0.5, 0.6) is 0 Å². The molecule has 0 aromatic carbocycles. The van der Waals surface area contributed by atoms with Gasteiger partial charge in [-0.3, -0.25) is 18.7 Å². The van der Waals surface area contributed by atoms with Gasteiger partial charge in [0, 0.05) is 13.1 Å². The predicted molar refractivity (Wildman–Crippen MR) is 95.1 cm³/mol. The van der Waals surface area contributed by atoms with Crippen molar-refractivity contribution < 1.29 is 48.5 Å². The van der Waals surface area contributed by atoms with E-state index in [1.165, 1.54) is 6.92 Å². The van der Waals surface area contributed by atoms with Crippen LogP contribution in [0.3, 0.4) is 0 Å². The van der Waals surface area contributed by atoms with Crippen LogP contribution in [0.25, 0.3) is 0 Å². The van der Waals surface area contributed by atoms with Gasteiger partial charge < -0.3 is 41.3 Å². The fourth-order valence-electron chi connectivity index (χ4n) is 2.73. The standard InChI is InChI=1S/C13H28N2O10P2/c1-12(10(16)17,5-9(6-14)27(23,24)25)3-8(26(20,21)22)4-13(2,7-15)11(18)19/h8-9H,3-7,14-15H2,1-2H3,(H,16,17)(H,18,19)(H2,20,21,22)(H2,23,24,25). The molecule has 0 aromatic rings. The highest BCUT2D eigenvalue weighted by atomic mass is 31.2. The number of carbonyl (C=O) groups is 2. The van der Waals surface area contributed by atoms with Crippen molar-refractivity contribution in [1.82, 2.24) is 0 Å². The Morgan fingerprint density at radius 3 is 1.41 bits per heavy atom. The van der Waals surface area contributed by atoms with Crippen molar-refractivity contribution in [3.05, 3.63) is 0 Å². The van der Waals surface area contributed by atoms with E-state index in [9.17, 15) is 48.5 Å². The molecule has 0 saturated carbocycles. The Morgan fingerprint density at radius 1 is 0.815 bits per heavy atom. The van der Waals surface area contributed by atoms with Crippen molar-refractivity contribution in [3.8, 4) is 0 Å². The maximum atomic E-state index is 11.9. The minimum Gasteiger partial charge on any atom is -0.481 e. The lowest BCUT2D eigenvalue weighted by Gasteiger charge is -2.35. The number of hydrogen-bond donors (Lipinski definition) is 8. The van der Waals surface area contributed by atoms with Crippen LogP contribution < -0.4 is 11.5 Å². The number of rotatable bonds is 12. The van der Waals surface area contributed by atoms with Crippen LogP contribution in [0.4, 0.5) is 0 Å². The first kappa shape index (κ1) is 26.2. The first-order valence-electron chi connectivity index (χ1n) is 7.90. The molecule has 14 heteroatoms. The second-order valence-electron chi connectivity index (χ2n) is 7.27. The van der Waals surface area contributed by atoms with Gasteiger partial charge in [0.2, 0.25) is 0 Å². The van der Waals surface area contributed by atoms with E-state index in [-0.39, 0.29) is 0 Å². The largest absolute Gasteiger partial charge is 0.481 e. The van der Waals surface area contributed by atoms with Crippen LogP contribution >= 0.6 is 15.2 Å². The minimum absolute atomic E-state index is 0.448. The van der Waals surface area contributed by atoms with Crippen molar-refractivity contribution >= 4 is 27.1 Å². The van der Waals surface area contributed by atoms with Crippen molar-refractivity contribution in [2.45, 2.75) is 44.4 Å². The van der Waals surface area contributed by atoms with Crippen molar-refractivity contribution in [1.29, 1.82) is 0 Å². The molecule has 0 rings (SSSR count). The molecule has 0 saturated heterocycles. The summed E-state index contributed by atoms with van der Waals surface area (Å²) < 4.78 is 23.4. The number of aliphatic carboxylic acids is 2. The van der Waals surface area contributed by atoms with E-state index in [4.69, 9.17) is 11.5 Å². The van der Waals surface area contributed by atoms with Gasteiger partial charge >= 0.3 is 27.1 Å². The SMILES string of the molecule is CC(CN)(CC(CC(C)(CC(CN)P(=O)(O)O)C(=O)O)P(=O)(O)O)C(=O)O. The average Bonchev–Trinajstić information content (AvgIpc) is 2.49. The van der Waals surface area contributed by atoms with Gasteiger partial charge in [0.25, 0.3) is 0 Å². The van der Waals surface area contributed by atoms with Gasteiger partial charge in [0.1, 0.15) is 0 Å². The molecule has 0 aliphatic carbocycles. The molecule has 0 radical (unpaired) electrons. The van der Waals surface area contributed by atoms with Gasteiger partial charge in [-0.15, -0.1) is 0 Å². The van der Waals surface area contributed by atoms with Gasteiger partial charge in [0.15, 0.2) is 0 Å². The lowest BCUT2D eigenvalue weighted by molar-refractivity contribution is -0.149. The normalized spacial score (nSPS) is 19.6. The third-order valence-corrected chi connectivity index (χ3v) is 7.43. The monoisotopic (exact) mass is 434 g/mol. The summed E-state index contributed by atoms with van der Waals surface area (Å²) in [7, 11) is -9.72. The van der Waals surface area contributed by atoms with E-state index in [0.717, 1.165) is 6.92 Å². The minimum atomic E-state index is -4.96. The van der Waals surface area contributed by atoms with Crippen LogP contribution in [0.15, 0.2) is 0 Å². The van der Waals surface area contributed by atoms with E-state index in [0.29, 0.717) is 0 Å². The fourth-order valence-corrected chi connectivity index (χ4v) is 4.92. The highest BCUT2D eigenvalue weighted by Crippen LogP contribution is 2.53. The Hall–Kier alpha value is -0.840. The van der Waals surface area contributed by atoms with Gasteiger partial charge in [-0.05, 0) is 33.1 Å². The number of nitrogens with two attached hydrogens (primary N) is 2. The van der Waals surface area contributed by atoms with Gasteiger partial charge in [-0.25, -0.2) is 0 Å². The molecule has 4 unspecified atom stereocenters. The molecule has 4 atom stereocenters. The summed E-state index contributed by atoms with van der Waals surface area (Å²) in [6, 6.07) is 0. The van der Waals surface area contributed by atoms with E-state index >= 15 is 0 Å². The van der Waals surface area contributed by atoms with E-state index in [1.807, 2.05) is 0 Å². The molecular formula is C13H28N2O10P2. The van der Waals surface area contributed by atoms with Crippen LogP contribution in [0, 0.1) is 10.8 Å². The van der Waals surface area contributed by atoms with Crippen molar-refractivity contribution in [2.75, 3.05) is 13.1 Å². The van der Waals surface area contributed by atoms with Crippen molar-refractivity contribution in [3.63, 3.8) is 0 Å². The zero-order chi connectivity index (χ0) is 21.8. The van der Waals surface area contributed by atoms with Gasteiger partial charge in [-0.2, -0.15) is 0 Å². The highest BCUT2D eigenvalue weighted by molar-refractivity contribution is 7.52. The molecule has 27 heavy (non-hydrogen) atoms. The Morgan fingerprint density at radius 2 is 1.15 bits per heavy atom. The van der Waals surface area contributed by atoms with E-state index < -0.39 is 81.6 Å². The predicted octanol–water partition coefficient (Wildman–Crippen LogP) is -0.651. The van der Waals surface area contributed by atoms with Gasteiger partial charge in [-0.1, -0.05) is 0 Å². The first-order valence-corrected chi connectivity index (χ1v) is 11.3. The van der Waals surface area contributed by atoms with Crippen LogP contribution in [0.2, 0.25) is 0 Å². The van der Waals surface area contributed by atoms with Gasteiger partial charge in [0.05, 0.1) is 22.1 Å². The van der Waals surface area contributed by atoms with Crippen LogP contribution in [-0.4, -0.2) is 66.1 Å². The van der Waals surface area contributed by atoms with E-state index in [2.05, 4.69) is 0 Å². The molecule has 0 heterocycles. The lowest BCUT2D eigenvalue weighted by Crippen LogP contribution is -2.42. The Balaban J connectivity index is 5.94. The molecule has 0 amide bonds. The Kier molecular flexibility index (Phi) is 8.82. The topological polar surface area (TPSA) is 242 Å². The second kappa shape index (κ2) is 9.11. The fraction of sp³-hybridized carbons (Fsp3) is 0.846. The zero-order valence-corrected chi connectivity index (χ0v) is 16.8. The third kappa shape index (κ3) is 7.24. The second-order valence-corrected chi connectivity index (χ2v) is 11.1. The molecule has 10 N–H and O–H groups in total. The summed E-state index contributed by atoms with van der Waals surface area (Å²) >= 11 is 0. The summed E-state index contributed by atoms with van der Waals surface area (Å²) in [6.07, 6.45) is -1.98. The first-order chi connectivity index (χ1) is 11.9. The molecule has 0 aliphatic rings. The summed E-state index contributed by atoms with van der Waals surface area (Å²) in [5.74, 6) is -2.95.